The third-order valence-corrected chi connectivity index (χ3v) is 3.33. The zero-order valence-corrected chi connectivity index (χ0v) is 15.0. The summed E-state index contributed by atoms with van der Waals surface area (Å²) in [7, 11) is 1.61. The van der Waals surface area contributed by atoms with Gasteiger partial charge in [0.1, 0.15) is 18.1 Å². The van der Waals surface area contributed by atoms with E-state index in [1.54, 1.807) is 13.2 Å². The minimum absolute atomic E-state index is 0.0370. The number of benzene rings is 2. The van der Waals surface area contributed by atoms with Crippen LogP contribution in [0.15, 0.2) is 48.5 Å². The number of amides is 2. The van der Waals surface area contributed by atoms with Crippen LogP contribution in [-0.2, 0) is 0 Å². The largest absolute Gasteiger partial charge is 0.497 e. The van der Waals surface area contributed by atoms with Gasteiger partial charge in [0.15, 0.2) is 18.2 Å². The molecule has 0 bridgehead atoms. The van der Waals surface area contributed by atoms with Crippen LogP contribution in [0.25, 0.3) is 0 Å². The van der Waals surface area contributed by atoms with Crippen molar-refractivity contribution in [2.75, 3.05) is 33.6 Å². The Morgan fingerprint density at radius 3 is 2.19 bits per heavy atom. The van der Waals surface area contributed by atoms with E-state index in [2.05, 4.69) is 10.6 Å². The Kier molecular flexibility index (Phi) is 7.92. The number of methoxy groups -OCH3 is 1. The third-order valence-electron chi connectivity index (χ3n) is 3.33. The highest BCUT2D eigenvalue weighted by atomic mass is 16.5. The van der Waals surface area contributed by atoms with Gasteiger partial charge >= 0.3 is 6.03 Å². The van der Waals surface area contributed by atoms with Crippen molar-refractivity contribution < 1.29 is 23.7 Å². The molecule has 0 atom stereocenters. The lowest BCUT2D eigenvalue weighted by atomic mass is 10.3. The lowest BCUT2D eigenvalue weighted by molar-refractivity contribution is 0.217. The fraction of sp³-hybridized carbons (Fsp3) is 0.316. The number of carbonyl (C=O) groups excluding carboxylic acids is 1. The molecule has 0 aliphatic heterocycles. The third kappa shape index (κ3) is 6.43. The maximum atomic E-state index is 11.7. The van der Waals surface area contributed by atoms with E-state index in [1.807, 2.05) is 49.4 Å². The van der Waals surface area contributed by atoms with E-state index in [1.165, 1.54) is 0 Å². The first-order chi connectivity index (χ1) is 12.7. The summed E-state index contributed by atoms with van der Waals surface area (Å²) in [6, 6.07) is 14.2. The minimum atomic E-state index is -0.336. The Balaban J connectivity index is 1.61. The first-order valence-corrected chi connectivity index (χ1v) is 8.36. The molecule has 2 aromatic carbocycles. The standard InChI is InChI=1S/C19H24N2O5/c1-3-24-17-6-4-5-7-18(17)26-14-21-19(22)20-12-13-25-16-10-8-15(23-2)9-11-16/h4-11H,3,12-14H2,1-2H3,(H2,20,21,22). The maximum Gasteiger partial charge on any atom is 0.317 e. The first kappa shape index (κ1) is 19.2. The normalized spacial score (nSPS) is 9.92. The average Bonchev–Trinajstić information content (AvgIpc) is 2.67. The number of hydrogen-bond donors (Lipinski definition) is 2. The Morgan fingerprint density at radius 2 is 1.54 bits per heavy atom. The summed E-state index contributed by atoms with van der Waals surface area (Å²) >= 11 is 0. The molecule has 0 spiro atoms. The van der Waals surface area contributed by atoms with E-state index in [9.17, 15) is 4.79 Å². The van der Waals surface area contributed by atoms with E-state index in [-0.39, 0.29) is 12.8 Å². The fourth-order valence-corrected chi connectivity index (χ4v) is 2.09. The van der Waals surface area contributed by atoms with Gasteiger partial charge in [-0.05, 0) is 43.3 Å². The van der Waals surface area contributed by atoms with Gasteiger partial charge in [-0.15, -0.1) is 0 Å². The molecule has 0 saturated carbocycles. The molecule has 0 heterocycles. The van der Waals surface area contributed by atoms with Crippen LogP contribution in [0.2, 0.25) is 0 Å². The van der Waals surface area contributed by atoms with E-state index < -0.39 is 0 Å². The van der Waals surface area contributed by atoms with Crippen molar-refractivity contribution in [3.8, 4) is 23.0 Å². The highest BCUT2D eigenvalue weighted by Crippen LogP contribution is 2.25. The van der Waals surface area contributed by atoms with Crippen molar-refractivity contribution >= 4 is 6.03 Å². The van der Waals surface area contributed by atoms with Crippen LogP contribution in [-0.4, -0.2) is 39.6 Å². The minimum Gasteiger partial charge on any atom is -0.497 e. The molecular formula is C19H24N2O5. The fourth-order valence-electron chi connectivity index (χ4n) is 2.09. The lowest BCUT2D eigenvalue weighted by Gasteiger charge is -2.13. The number of hydrogen-bond acceptors (Lipinski definition) is 5. The van der Waals surface area contributed by atoms with E-state index in [0.29, 0.717) is 37.0 Å². The predicted molar refractivity (Wildman–Crippen MR) is 98.1 cm³/mol. The molecule has 2 N–H and O–H groups in total. The van der Waals surface area contributed by atoms with E-state index >= 15 is 0 Å². The second-order valence-corrected chi connectivity index (χ2v) is 5.13. The molecule has 0 aliphatic rings. The molecule has 0 radical (unpaired) electrons. The molecule has 2 aromatic rings. The number of carbonyl (C=O) groups is 1. The van der Waals surface area contributed by atoms with Gasteiger partial charge in [-0.3, -0.25) is 0 Å². The van der Waals surface area contributed by atoms with Crippen molar-refractivity contribution in [1.82, 2.24) is 10.6 Å². The molecule has 7 nitrogen and oxygen atoms in total. The second-order valence-electron chi connectivity index (χ2n) is 5.13. The monoisotopic (exact) mass is 360 g/mol. The lowest BCUT2D eigenvalue weighted by Crippen LogP contribution is -2.39. The van der Waals surface area contributed by atoms with Gasteiger partial charge < -0.3 is 29.6 Å². The van der Waals surface area contributed by atoms with Gasteiger partial charge in [0.25, 0.3) is 0 Å². The van der Waals surface area contributed by atoms with Crippen molar-refractivity contribution in [2.24, 2.45) is 0 Å². The van der Waals surface area contributed by atoms with Crippen LogP contribution >= 0.6 is 0 Å². The van der Waals surface area contributed by atoms with Crippen molar-refractivity contribution in [2.45, 2.75) is 6.92 Å². The van der Waals surface area contributed by atoms with Crippen molar-refractivity contribution in [3.63, 3.8) is 0 Å². The maximum absolute atomic E-state index is 11.7. The summed E-state index contributed by atoms with van der Waals surface area (Å²) in [5.41, 5.74) is 0. The Bertz CT molecular complexity index is 676. The van der Waals surface area contributed by atoms with Crippen LogP contribution < -0.4 is 29.6 Å². The Hall–Kier alpha value is -3.09. The number of urea groups is 1. The zero-order chi connectivity index (χ0) is 18.6. The zero-order valence-electron chi connectivity index (χ0n) is 15.0. The topological polar surface area (TPSA) is 78.1 Å². The van der Waals surface area contributed by atoms with Gasteiger partial charge in [0.05, 0.1) is 20.3 Å². The number of ether oxygens (including phenoxy) is 4. The van der Waals surface area contributed by atoms with Gasteiger partial charge in [-0.25, -0.2) is 4.79 Å². The number of para-hydroxylation sites is 2. The molecule has 2 amide bonds. The molecule has 26 heavy (non-hydrogen) atoms. The molecule has 0 aromatic heterocycles. The van der Waals surface area contributed by atoms with Gasteiger partial charge in [0.2, 0.25) is 0 Å². The molecule has 140 valence electrons. The van der Waals surface area contributed by atoms with Gasteiger partial charge in [-0.1, -0.05) is 12.1 Å². The molecule has 0 fully saturated rings. The molecule has 7 heteroatoms. The average molecular weight is 360 g/mol. The molecule has 2 rings (SSSR count). The van der Waals surface area contributed by atoms with Crippen LogP contribution in [0.5, 0.6) is 23.0 Å². The van der Waals surface area contributed by atoms with Crippen LogP contribution in [0.1, 0.15) is 6.92 Å². The molecule has 0 aliphatic carbocycles. The highest BCUT2D eigenvalue weighted by Gasteiger charge is 2.04. The molecule has 0 unspecified atom stereocenters. The Labute approximate surface area is 153 Å². The first-order valence-electron chi connectivity index (χ1n) is 8.36. The molecule has 0 saturated heterocycles. The smallest absolute Gasteiger partial charge is 0.317 e. The molecular weight excluding hydrogens is 336 g/mol. The summed E-state index contributed by atoms with van der Waals surface area (Å²) in [6.45, 7) is 3.20. The Morgan fingerprint density at radius 1 is 0.885 bits per heavy atom. The van der Waals surface area contributed by atoms with Gasteiger partial charge in [-0.2, -0.15) is 0 Å². The van der Waals surface area contributed by atoms with Crippen LogP contribution in [0.3, 0.4) is 0 Å². The van der Waals surface area contributed by atoms with Crippen molar-refractivity contribution in [3.05, 3.63) is 48.5 Å². The summed E-state index contributed by atoms with van der Waals surface area (Å²) in [6.07, 6.45) is 0. The quantitative estimate of drug-likeness (QED) is 0.503. The predicted octanol–water partition coefficient (Wildman–Crippen LogP) is 2.81. The summed E-state index contributed by atoms with van der Waals surface area (Å²) in [4.78, 5) is 11.7. The summed E-state index contributed by atoms with van der Waals surface area (Å²) in [5, 5.41) is 5.30. The van der Waals surface area contributed by atoms with E-state index in [4.69, 9.17) is 18.9 Å². The summed E-state index contributed by atoms with van der Waals surface area (Å²) < 4.78 is 21.6. The van der Waals surface area contributed by atoms with E-state index in [0.717, 1.165) is 5.75 Å². The number of nitrogens with one attached hydrogen (secondary N) is 2. The van der Waals surface area contributed by atoms with Gasteiger partial charge in [0, 0.05) is 0 Å². The number of rotatable bonds is 10. The van der Waals surface area contributed by atoms with Crippen LogP contribution in [0.4, 0.5) is 4.79 Å². The summed E-state index contributed by atoms with van der Waals surface area (Å²) in [5.74, 6) is 2.70. The second kappa shape index (κ2) is 10.7. The highest BCUT2D eigenvalue weighted by molar-refractivity contribution is 5.73. The van der Waals surface area contributed by atoms with Crippen LogP contribution in [0, 0.1) is 0 Å². The SMILES string of the molecule is CCOc1ccccc1OCNC(=O)NCCOc1ccc(OC)cc1. The van der Waals surface area contributed by atoms with Crippen molar-refractivity contribution in [1.29, 1.82) is 0 Å².